The third-order valence-electron chi connectivity index (χ3n) is 5.55. The Hall–Kier alpha value is -2.29. The highest BCUT2D eigenvalue weighted by atomic mass is 32.1. The van der Waals surface area contributed by atoms with E-state index in [1.165, 1.54) is 11.1 Å². The topological polar surface area (TPSA) is 63.5 Å². The normalized spacial score (nSPS) is 15.1. The number of rotatable bonds is 6. The van der Waals surface area contributed by atoms with Crippen LogP contribution >= 0.6 is 11.3 Å². The van der Waals surface area contributed by atoms with Crippen LogP contribution in [0.3, 0.4) is 0 Å². The van der Waals surface area contributed by atoms with Gasteiger partial charge in [-0.3, -0.25) is 19.3 Å². The monoisotopic (exact) mass is 413 g/mol. The van der Waals surface area contributed by atoms with E-state index in [-0.39, 0.29) is 5.91 Å². The maximum atomic E-state index is 13.3. The second kappa shape index (κ2) is 8.61. The summed E-state index contributed by atoms with van der Waals surface area (Å²) in [7, 11) is 1.80. The van der Waals surface area contributed by atoms with Crippen molar-refractivity contribution in [3.8, 4) is 0 Å². The molecule has 0 bridgehead atoms. The molecule has 1 saturated heterocycles. The predicted octanol–water partition coefficient (Wildman–Crippen LogP) is 3.02. The minimum Gasteiger partial charge on any atom is -0.379 e. The summed E-state index contributed by atoms with van der Waals surface area (Å²) in [5, 5.41) is 4.92. The Morgan fingerprint density at radius 1 is 1.24 bits per heavy atom. The summed E-state index contributed by atoms with van der Waals surface area (Å²) in [5.41, 5.74) is 3.95. The summed E-state index contributed by atoms with van der Waals surface area (Å²) in [6.45, 7) is 9.23. The molecular weight excluding hydrogens is 386 g/mol. The van der Waals surface area contributed by atoms with Gasteiger partial charge < -0.3 is 4.74 Å². The van der Waals surface area contributed by atoms with Gasteiger partial charge >= 0.3 is 0 Å². The van der Waals surface area contributed by atoms with Crippen molar-refractivity contribution in [1.29, 1.82) is 0 Å². The summed E-state index contributed by atoms with van der Waals surface area (Å²) in [4.78, 5) is 22.4. The Labute approximate surface area is 174 Å². The number of thiazole rings is 1. The van der Waals surface area contributed by atoms with Crippen molar-refractivity contribution >= 4 is 32.6 Å². The Balaban J connectivity index is 1.60. The molecule has 3 heterocycles. The molecule has 0 radical (unpaired) electrons. The summed E-state index contributed by atoms with van der Waals surface area (Å²) >= 11 is 1.58. The minimum atomic E-state index is -0.0552. The lowest BCUT2D eigenvalue weighted by atomic mass is 10.1. The Morgan fingerprint density at radius 2 is 2.03 bits per heavy atom. The van der Waals surface area contributed by atoms with Gasteiger partial charge in [0.15, 0.2) is 5.13 Å². The molecule has 1 fully saturated rings. The number of amides is 1. The van der Waals surface area contributed by atoms with Crippen LogP contribution in [-0.2, 0) is 11.8 Å². The number of fused-ring (bicyclic) bond motifs is 1. The van der Waals surface area contributed by atoms with Gasteiger partial charge in [0.2, 0.25) is 0 Å². The molecule has 1 aromatic carbocycles. The molecule has 3 aromatic rings. The highest BCUT2D eigenvalue weighted by Gasteiger charge is 2.24. The second-order valence-corrected chi connectivity index (χ2v) is 8.46. The number of ether oxygens (including phenoxy) is 1. The maximum Gasteiger partial charge on any atom is 0.278 e. The van der Waals surface area contributed by atoms with E-state index in [9.17, 15) is 4.79 Å². The second-order valence-electron chi connectivity index (χ2n) is 7.46. The van der Waals surface area contributed by atoms with Crippen LogP contribution in [0, 0.1) is 13.8 Å². The lowest BCUT2D eigenvalue weighted by Gasteiger charge is -2.27. The maximum absolute atomic E-state index is 13.3. The number of anilines is 1. The van der Waals surface area contributed by atoms with Crippen LogP contribution in [0.15, 0.2) is 24.4 Å². The van der Waals surface area contributed by atoms with Crippen LogP contribution in [0.1, 0.15) is 28.0 Å². The van der Waals surface area contributed by atoms with Crippen molar-refractivity contribution in [1.82, 2.24) is 19.7 Å². The molecule has 0 spiro atoms. The van der Waals surface area contributed by atoms with Crippen molar-refractivity contribution in [2.45, 2.75) is 20.3 Å². The van der Waals surface area contributed by atoms with Gasteiger partial charge in [0.05, 0.1) is 23.4 Å². The van der Waals surface area contributed by atoms with Crippen LogP contribution in [0.25, 0.3) is 10.2 Å². The standard InChI is InChI=1S/C21H27N5O2S/c1-15-5-6-18-19(16(15)2)23-21(29-18)26(20(27)17-7-8-22-24(17)3)10-4-9-25-11-13-28-14-12-25/h5-8H,4,9-14H2,1-3H3. The average Bonchev–Trinajstić information content (AvgIpc) is 3.35. The van der Waals surface area contributed by atoms with Gasteiger partial charge in [-0.05, 0) is 43.5 Å². The lowest BCUT2D eigenvalue weighted by Crippen LogP contribution is -2.39. The molecule has 1 aliphatic heterocycles. The highest BCUT2D eigenvalue weighted by Crippen LogP contribution is 2.32. The molecule has 0 saturated carbocycles. The third kappa shape index (κ3) is 4.19. The van der Waals surface area contributed by atoms with E-state index in [1.54, 1.807) is 35.3 Å². The van der Waals surface area contributed by atoms with Gasteiger partial charge in [-0.15, -0.1) is 0 Å². The fourth-order valence-electron chi connectivity index (χ4n) is 3.61. The van der Waals surface area contributed by atoms with Gasteiger partial charge in [0.1, 0.15) is 5.69 Å². The van der Waals surface area contributed by atoms with E-state index in [0.29, 0.717) is 12.2 Å². The van der Waals surface area contributed by atoms with Crippen molar-refractivity contribution in [3.63, 3.8) is 0 Å². The van der Waals surface area contributed by atoms with Crippen molar-refractivity contribution in [2.24, 2.45) is 7.05 Å². The predicted molar refractivity (Wildman–Crippen MR) is 116 cm³/mol. The van der Waals surface area contributed by atoms with Crippen molar-refractivity contribution in [3.05, 3.63) is 41.2 Å². The zero-order chi connectivity index (χ0) is 20.4. The molecule has 0 atom stereocenters. The Kier molecular flexibility index (Phi) is 5.94. The molecule has 0 aliphatic carbocycles. The van der Waals surface area contributed by atoms with Crippen LogP contribution < -0.4 is 4.90 Å². The minimum absolute atomic E-state index is 0.0552. The molecule has 29 heavy (non-hydrogen) atoms. The lowest BCUT2D eigenvalue weighted by molar-refractivity contribution is 0.0376. The molecule has 0 N–H and O–H groups in total. The van der Waals surface area contributed by atoms with Crippen LogP contribution in [0.4, 0.5) is 5.13 Å². The zero-order valence-electron chi connectivity index (χ0n) is 17.2. The first-order valence-corrected chi connectivity index (χ1v) is 10.8. The number of hydrogen-bond acceptors (Lipinski definition) is 6. The zero-order valence-corrected chi connectivity index (χ0v) is 18.0. The van der Waals surface area contributed by atoms with Crippen molar-refractivity contribution < 1.29 is 9.53 Å². The Bertz CT molecular complexity index is 1010. The van der Waals surface area contributed by atoms with E-state index in [2.05, 4.69) is 36.0 Å². The van der Waals surface area contributed by atoms with Crippen molar-refractivity contribution in [2.75, 3.05) is 44.3 Å². The van der Waals surface area contributed by atoms with E-state index < -0.39 is 0 Å². The quantitative estimate of drug-likeness (QED) is 0.622. The summed E-state index contributed by atoms with van der Waals surface area (Å²) in [6, 6.07) is 5.98. The van der Waals surface area contributed by atoms with Gasteiger partial charge in [0, 0.05) is 39.4 Å². The molecule has 4 rings (SSSR count). The van der Waals surface area contributed by atoms with E-state index >= 15 is 0 Å². The van der Waals surface area contributed by atoms with Crippen LogP contribution in [0.2, 0.25) is 0 Å². The van der Waals surface area contributed by atoms with E-state index in [0.717, 1.165) is 54.6 Å². The first-order chi connectivity index (χ1) is 14.0. The molecule has 8 heteroatoms. The van der Waals surface area contributed by atoms with E-state index in [1.807, 2.05) is 4.90 Å². The SMILES string of the molecule is Cc1ccc2sc(N(CCCN3CCOCC3)C(=O)c3ccnn3C)nc2c1C. The van der Waals surface area contributed by atoms with Gasteiger partial charge in [-0.2, -0.15) is 5.10 Å². The van der Waals surface area contributed by atoms with Gasteiger partial charge in [-0.1, -0.05) is 17.4 Å². The van der Waals surface area contributed by atoms with Crippen LogP contribution in [0.5, 0.6) is 0 Å². The van der Waals surface area contributed by atoms with Gasteiger partial charge in [0.25, 0.3) is 5.91 Å². The molecule has 0 unspecified atom stereocenters. The van der Waals surface area contributed by atoms with Gasteiger partial charge in [-0.25, -0.2) is 4.98 Å². The first kappa shape index (κ1) is 20.0. The number of benzene rings is 1. The summed E-state index contributed by atoms with van der Waals surface area (Å²) in [6.07, 6.45) is 2.54. The molecule has 1 aliphatic rings. The number of carbonyl (C=O) groups is 1. The summed E-state index contributed by atoms with van der Waals surface area (Å²) < 4.78 is 8.16. The average molecular weight is 414 g/mol. The fraction of sp³-hybridized carbons (Fsp3) is 0.476. The number of aryl methyl sites for hydroxylation is 3. The Morgan fingerprint density at radius 3 is 2.76 bits per heavy atom. The number of nitrogens with zero attached hydrogens (tertiary/aromatic N) is 5. The summed E-state index contributed by atoms with van der Waals surface area (Å²) in [5.74, 6) is -0.0552. The molecule has 2 aromatic heterocycles. The number of hydrogen-bond donors (Lipinski definition) is 0. The largest absolute Gasteiger partial charge is 0.379 e. The van der Waals surface area contributed by atoms with Crippen LogP contribution in [-0.4, -0.2) is 65.0 Å². The molecular formula is C21H27N5O2S. The molecule has 7 nitrogen and oxygen atoms in total. The number of aromatic nitrogens is 3. The molecule has 154 valence electrons. The number of morpholine rings is 1. The van der Waals surface area contributed by atoms with E-state index in [4.69, 9.17) is 9.72 Å². The highest BCUT2D eigenvalue weighted by molar-refractivity contribution is 7.22. The third-order valence-corrected chi connectivity index (χ3v) is 6.59. The smallest absolute Gasteiger partial charge is 0.278 e. The first-order valence-electron chi connectivity index (χ1n) is 10.0. The molecule has 1 amide bonds. The fourth-order valence-corrected chi connectivity index (χ4v) is 4.66. The number of carbonyl (C=O) groups excluding carboxylic acids is 1.